The van der Waals surface area contributed by atoms with Crippen molar-refractivity contribution in [3.8, 4) is 0 Å². The first-order valence-corrected chi connectivity index (χ1v) is 10.2. The highest BCUT2D eigenvalue weighted by molar-refractivity contribution is 8.00. The predicted molar refractivity (Wildman–Crippen MR) is 110 cm³/mol. The smallest absolute Gasteiger partial charge is 0.414 e. The first kappa shape index (κ1) is 22.5. The fourth-order valence-electron chi connectivity index (χ4n) is 2.10. The van der Waals surface area contributed by atoms with Crippen LogP contribution in [-0.4, -0.2) is 34.7 Å². The molecule has 2 heterocycles. The monoisotopic (exact) mass is 437 g/mol. The fraction of sp³-hybridized carbons (Fsp3) is 0.294. The molecule has 0 saturated carbocycles. The van der Waals surface area contributed by atoms with Gasteiger partial charge in [0.15, 0.2) is 0 Å². The Morgan fingerprint density at radius 3 is 2.83 bits per heavy atom. The molecule has 0 bridgehead atoms. The van der Waals surface area contributed by atoms with E-state index in [4.69, 9.17) is 5.73 Å². The Labute approximate surface area is 174 Å². The van der Waals surface area contributed by atoms with Crippen LogP contribution in [0.4, 0.5) is 15.5 Å². The van der Waals surface area contributed by atoms with Crippen LogP contribution in [0.15, 0.2) is 33.9 Å². The summed E-state index contributed by atoms with van der Waals surface area (Å²) in [6.07, 6.45) is 0.643. The third kappa shape index (κ3) is 6.07. The molecule has 4 N–H and O–H groups in total. The number of anilines is 1. The summed E-state index contributed by atoms with van der Waals surface area (Å²) in [4.78, 5) is 51.3. The highest BCUT2D eigenvalue weighted by Crippen LogP contribution is 2.32. The quantitative estimate of drug-likeness (QED) is 0.421. The van der Waals surface area contributed by atoms with Crippen molar-refractivity contribution in [3.63, 3.8) is 0 Å². The van der Waals surface area contributed by atoms with E-state index in [0.717, 1.165) is 23.1 Å². The van der Waals surface area contributed by atoms with E-state index in [0.29, 0.717) is 10.6 Å². The number of nitroso groups, excluding NO2 is 1. The van der Waals surface area contributed by atoms with E-state index in [2.05, 4.69) is 25.5 Å². The number of nitrogens with zero attached hydrogens (tertiary/aromatic N) is 2. The molecular formula is C17H19N5O5S2. The predicted octanol–water partition coefficient (Wildman–Crippen LogP) is 3.01. The molecule has 10 nitrogen and oxygen atoms in total. The highest BCUT2D eigenvalue weighted by atomic mass is 32.2. The van der Waals surface area contributed by atoms with Gasteiger partial charge in [-0.05, 0) is 42.1 Å². The Bertz CT molecular complexity index is 917. The van der Waals surface area contributed by atoms with Gasteiger partial charge in [-0.25, -0.2) is 9.78 Å². The van der Waals surface area contributed by atoms with Crippen LogP contribution in [0.2, 0.25) is 0 Å². The molecule has 0 aliphatic rings. The maximum Gasteiger partial charge on any atom is 0.414 e. The molecule has 0 radical (unpaired) electrons. The molecule has 29 heavy (non-hydrogen) atoms. The maximum absolute atomic E-state index is 12.5. The largest absolute Gasteiger partial charge is 0.450 e. The van der Waals surface area contributed by atoms with Crippen LogP contribution in [0.1, 0.15) is 29.8 Å². The number of carbonyl (C=O) groups excluding carboxylic acids is 3. The zero-order chi connectivity index (χ0) is 21.4. The van der Waals surface area contributed by atoms with Gasteiger partial charge in [0.05, 0.1) is 17.4 Å². The van der Waals surface area contributed by atoms with E-state index < -0.39 is 23.2 Å². The van der Waals surface area contributed by atoms with Crippen LogP contribution in [0.25, 0.3) is 0 Å². The summed E-state index contributed by atoms with van der Waals surface area (Å²) < 4.78 is 4.67. The van der Waals surface area contributed by atoms with E-state index in [-0.39, 0.29) is 29.4 Å². The topological polar surface area (TPSA) is 153 Å². The second-order valence-electron chi connectivity index (χ2n) is 5.55. The summed E-state index contributed by atoms with van der Waals surface area (Å²) in [5.41, 5.74) is 6.40. The van der Waals surface area contributed by atoms with Gasteiger partial charge < -0.3 is 15.8 Å². The SMILES string of the molecule is CCOC(=O)NC(=O)c1ccsc1NC(=O)C(C)Sc1ncc(CN)cc1N=O. The van der Waals surface area contributed by atoms with Crippen molar-refractivity contribution in [2.24, 2.45) is 10.9 Å². The summed E-state index contributed by atoms with van der Waals surface area (Å²) >= 11 is 2.18. The molecule has 0 aliphatic heterocycles. The minimum atomic E-state index is -0.870. The van der Waals surface area contributed by atoms with Crippen molar-refractivity contribution in [3.05, 3.63) is 39.7 Å². The van der Waals surface area contributed by atoms with Gasteiger partial charge in [0, 0.05) is 12.7 Å². The number of aromatic nitrogens is 1. The lowest BCUT2D eigenvalue weighted by atomic mass is 10.3. The van der Waals surface area contributed by atoms with Crippen LogP contribution >= 0.6 is 23.1 Å². The summed E-state index contributed by atoms with van der Waals surface area (Å²) in [5.74, 6) is -1.10. The molecule has 2 aromatic rings. The third-order valence-corrected chi connectivity index (χ3v) is 5.45. The minimum absolute atomic E-state index is 0.100. The number of thiophene rings is 1. The molecule has 154 valence electrons. The summed E-state index contributed by atoms with van der Waals surface area (Å²) in [7, 11) is 0. The van der Waals surface area contributed by atoms with Crippen LogP contribution in [0, 0.1) is 4.91 Å². The highest BCUT2D eigenvalue weighted by Gasteiger charge is 2.22. The molecule has 2 rings (SSSR count). The Morgan fingerprint density at radius 1 is 1.41 bits per heavy atom. The first-order chi connectivity index (χ1) is 13.9. The third-order valence-electron chi connectivity index (χ3n) is 3.52. The summed E-state index contributed by atoms with van der Waals surface area (Å²) in [5, 5.41) is 9.19. The van der Waals surface area contributed by atoms with Gasteiger partial charge in [-0.3, -0.25) is 14.9 Å². The average molecular weight is 438 g/mol. The molecule has 0 aliphatic carbocycles. The lowest BCUT2D eigenvalue weighted by Crippen LogP contribution is -2.31. The molecule has 12 heteroatoms. The number of hydrogen-bond donors (Lipinski definition) is 3. The van der Waals surface area contributed by atoms with Gasteiger partial charge in [0.1, 0.15) is 15.7 Å². The molecular weight excluding hydrogens is 418 g/mol. The standard InChI is InChI=1S/C17H19N5O5S2/c1-3-27-17(25)21-14(24)11-4-5-28-15(11)20-13(23)9(2)29-16-12(22-26)6-10(7-18)8-19-16/h4-6,8-9H,3,7,18H2,1-2H3,(H,20,23)(H,21,24,25). The Hall–Kier alpha value is -2.83. The second-order valence-corrected chi connectivity index (χ2v) is 7.80. The fourth-order valence-corrected chi connectivity index (χ4v) is 3.72. The molecule has 3 amide bonds. The Balaban J connectivity index is 2.06. The molecule has 0 fully saturated rings. The number of rotatable bonds is 8. The number of nitrogens with two attached hydrogens (primary N) is 1. The lowest BCUT2D eigenvalue weighted by Gasteiger charge is -2.12. The number of imide groups is 1. The van der Waals surface area contributed by atoms with E-state index in [1.165, 1.54) is 18.3 Å². The van der Waals surface area contributed by atoms with Gasteiger partial charge in [0.2, 0.25) is 5.91 Å². The molecule has 0 spiro atoms. The molecule has 0 aromatic carbocycles. The van der Waals surface area contributed by atoms with Gasteiger partial charge in [-0.1, -0.05) is 11.8 Å². The summed E-state index contributed by atoms with van der Waals surface area (Å²) in [6, 6.07) is 3.00. The van der Waals surface area contributed by atoms with E-state index in [9.17, 15) is 19.3 Å². The number of hydrogen-bond acceptors (Lipinski definition) is 10. The molecule has 0 saturated heterocycles. The van der Waals surface area contributed by atoms with Gasteiger partial charge in [0.25, 0.3) is 5.91 Å². The normalized spacial score (nSPS) is 11.4. The number of pyridine rings is 1. The number of alkyl carbamates (subject to hydrolysis) is 1. The summed E-state index contributed by atoms with van der Waals surface area (Å²) in [6.45, 7) is 3.58. The van der Waals surface area contributed by atoms with Crippen LogP contribution in [-0.2, 0) is 16.1 Å². The number of thioether (sulfide) groups is 1. The second kappa shape index (κ2) is 10.6. The maximum atomic E-state index is 12.5. The van der Waals surface area contributed by atoms with Crippen molar-refractivity contribution >= 4 is 51.7 Å². The zero-order valence-corrected chi connectivity index (χ0v) is 17.3. The van der Waals surface area contributed by atoms with Crippen LogP contribution in [0.5, 0.6) is 0 Å². The van der Waals surface area contributed by atoms with E-state index >= 15 is 0 Å². The van der Waals surface area contributed by atoms with Crippen molar-refractivity contribution < 1.29 is 19.1 Å². The molecule has 1 unspecified atom stereocenters. The molecule has 1 atom stereocenters. The lowest BCUT2D eigenvalue weighted by molar-refractivity contribution is -0.115. The van der Waals surface area contributed by atoms with Gasteiger partial charge in [-0.2, -0.15) is 0 Å². The van der Waals surface area contributed by atoms with E-state index in [1.54, 1.807) is 19.2 Å². The zero-order valence-electron chi connectivity index (χ0n) is 15.6. The minimum Gasteiger partial charge on any atom is -0.450 e. The van der Waals surface area contributed by atoms with Gasteiger partial charge in [-0.15, -0.1) is 16.2 Å². The number of ether oxygens (including phenoxy) is 1. The number of amides is 3. The molecule has 2 aromatic heterocycles. The number of nitrogens with one attached hydrogen (secondary N) is 2. The first-order valence-electron chi connectivity index (χ1n) is 8.45. The Kier molecular flexibility index (Phi) is 8.24. The average Bonchev–Trinajstić information content (AvgIpc) is 3.16. The van der Waals surface area contributed by atoms with Gasteiger partial charge >= 0.3 is 6.09 Å². The van der Waals surface area contributed by atoms with Crippen LogP contribution < -0.4 is 16.4 Å². The Morgan fingerprint density at radius 2 is 2.17 bits per heavy atom. The van der Waals surface area contributed by atoms with Crippen molar-refractivity contribution in [1.29, 1.82) is 0 Å². The van der Waals surface area contributed by atoms with Crippen LogP contribution in [0.3, 0.4) is 0 Å². The van der Waals surface area contributed by atoms with Crippen molar-refractivity contribution in [2.75, 3.05) is 11.9 Å². The van der Waals surface area contributed by atoms with Crippen molar-refractivity contribution in [1.82, 2.24) is 10.3 Å². The van der Waals surface area contributed by atoms with Crippen molar-refractivity contribution in [2.45, 2.75) is 30.7 Å². The number of carbonyl (C=O) groups is 3. The van der Waals surface area contributed by atoms with E-state index in [1.807, 2.05) is 0 Å².